The molecule has 1 aliphatic rings. The second-order valence-electron chi connectivity index (χ2n) is 4.45. The van der Waals surface area contributed by atoms with Crippen molar-refractivity contribution in [3.05, 3.63) is 22.4 Å². The molecule has 1 aliphatic heterocycles. The number of rotatable bonds is 4. The van der Waals surface area contributed by atoms with E-state index in [0.29, 0.717) is 17.3 Å². The molecule has 1 unspecified atom stereocenters. The Hall–Kier alpha value is 0.140. The van der Waals surface area contributed by atoms with Crippen molar-refractivity contribution < 1.29 is 4.79 Å². The SMILES string of the molecule is Cl.O=C(CC(I)N1CCNCC1)Nc1ccc(Cl)nc1Cl. The Morgan fingerprint density at radius 3 is 2.71 bits per heavy atom. The molecule has 0 saturated carbocycles. The van der Waals surface area contributed by atoms with Crippen molar-refractivity contribution >= 4 is 69.8 Å². The summed E-state index contributed by atoms with van der Waals surface area (Å²) in [6.45, 7) is 3.86. The average Bonchev–Trinajstić information content (AvgIpc) is 2.43. The van der Waals surface area contributed by atoms with Gasteiger partial charge in [-0.15, -0.1) is 12.4 Å². The van der Waals surface area contributed by atoms with Crippen LogP contribution in [0.25, 0.3) is 0 Å². The van der Waals surface area contributed by atoms with Crippen LogP contribution in [0.4, 0.5) is 5.69 Å². The van der Waals surface area contributed by atoms with Crippen molar-refractivity contribution in [2.45, 2.75) is 10.5 Å². The van der Waals surface area contributed by atoms with Gasteiger partial charge in [0.05, 0.1) is 16.2 Å². The molecular weight excluding hydrogens is 449 g/mol. The van der Waals surface area contributed by atoms with E-state index in [1.165, 1.54) is 0 Å². The summed E-state index contributed by atoms with van der Waals surface area (Å²) in [7, 11) is 0. The van der Waals surface area contributed by atoms with E-state index < -0.39 is 0 Å². The Labute approximate surface area is 153 Å². The maximum atomic E-state index is 12.0. The monoisotopic (exact) mass is 464 g/mol. The zero-order chi connectivity index (χ0) is 14.5. The van der Waals surface area contributed by atoms with Crippen LogP contribution in [0, 0.1) is 0 Å². The van der Waals surface area contributed by atoms with Crippen molar-refractivity contribution in [1.29, 1.82) is 0 Å². The Kier molecular flexibility index (Phi) is 8.51. The number of halogens is 4. The zero-order valence-electron chi connectivity index (χ0n) is 11.1. The van der Waals surface area contributed by atoms with Gasteiger partial charge in [0, 0.05) is 26.2 Å². The number of amides is 1. The smallest absolute Gasteiger partial charge is 0.226 e. The highest BCUT2D eigenvalue weighted by Crippen LogP contribution is 2.22. The number of pyridine rings is 1. The normalized spacial score (nSPS) is 16.9. The molecule has 0 radical (unpaired) electrons. The van der Waals surface area contributed by atoms with Crippen LogP contribution in [0.15, 0.2) is 12.1 Å². The first-order valence-corrected chi connectivity index (χ1v) is 8.27. The molecule has 0 aliphatic carbocycles. The third-order valence-electron chi connectivity index (χ3n) is 2.99. The fourth-order valence-electron chi connectivity index (χ4n) is 1.95. The molecule has 2 rings (SSSR count). The lowest BCUT2D eigenvalue weighted by atomic mass is 10.3. The first-order valence-electron chi connectivity index (χ1n) is 6.27. The third kappa shape index (κ3) is 6.03. The standard InChI is InChI=1S/C12H15Cl2IN4O.ClH/c13-9-2-1-8(12(14)18-9)17-11(20)7-10(15)19-5-3-16-4-6-19;/h1-2,10,16H,3-7H2,(H,17,20);1H. The summed E-state index contributed by atoms with van der Waals surface area (Å²) in [5, 5.41) is 6.57. The minimum Gasteiger partial charge on any atom is -0.323 e. The average molecular weight is 466 g/mol. The number of carbonyl (C=O) groups is 1. The quantitative estimate of drug-likeness (QED) is 0.311. The molecule has 1 saturated heterocycles. The molecule has 1 aromatic heterocycles. The Bertz CT molecular complexity index is 486. The molecule has 1 atom stereocenters. The summed E-state index contributed by atoms with van der Waals surface area (Å²) in [4.78, 5) is 18.2. The van der Waals surface area contributed by atoms with Crippen molar-refractivity contribution in [2.75, 3.05) is 31.5 Å². The molecule has 118 valence electrons. The summed E-state index contributed by atoms with van der Waals surface area (Å²) in [5.74, 6) is -0.0750. The molecule has 1 amide bonds. The Balaban J connectivity index is 0.00000220. The van der Waals surface area contributed by atoms with Gasteiger partial charge in [0.25, 0.3) is 0 Å². The predicted molar refractivity (Wildman–Crippen MR) is 97.0 cm³/mol. The number of piperazine rings is 1. The van der Waals surface area contributed by atoms with E-state index in [0.717, 1.165) is 26.2 Å². The van der Waals surface area contributed by atoms with Gasteiger partial charge in [0.15, 0.2) is 5.15 Å². The molecule has 0 bridgehead atoms. The maximum Gasteiger partial charge on any atom is 0.226 e. The number of alkyl halides is 1. The topological polar surface area (TPSA) is 57.3 Å². The summed E-state index contributed by atoms with van der Waals surface area (Å²) in [5.41, 5.74) is 0.491. The summed E-state index contributed by atoms with van der Waals surface area (Å²) in [6, 6.07) is 3.25. The van der Waals surface area contributed by atoms with E-state index in [-0.39, 0.29) is 27.5 Å². The Morgan fingerprint density at radius 2 is 2.10 bits per heavy atom. The van der Waals surface area contributed by atoms with Gasteiger partial charge < -0.3 is 10.6 Å². The van der Waals surface area contributed by atoms with Crippen molar-refractivity contribution in [3.63, 3.8) is 0 Å². The van der Waals surface area contributed by atoms with E-state index in [1.54, 1.807) is 12.1 Å². The molecular formula is C12H16Cl3IN4O. The number of hydrogen-bond donors (Lipinski definition) is 2. The third-order valence-corrected chi connectivity index (χ3v) is 4.72. The summed E-state index contributed by atoms with van der Waals surface area (Å²) >= 11 is 13.9. The number of aromatic nitrogens is 1. The van der Waals surface area contributed by atoms with Crippen molar-refractivity contribution in [3.8, 4) is 0 Å². The highest BCUT2D eigenvalue weighted by Gasteiger charge is 2.20. The van der Waals surface area contributed by atoms with E-state index in [2.05, 4.69) is 43.1 Å². The van der Waals surface area contributed by atoms with Crippen LogP contribution >= 0.6 is 58.2 Å². The van der Waals surface area contributed by atoms with Gasteiger partial charge in [-0.3, -0.25) is 9.69 Å². The lowest BCUT2D eigenvalue weighted by Gasteiger charge is -2.31. The molecule has 21 heavy (non-hydrogen) atoms. The van der Waals surface area contributed by atoms with E-state index >= 15 is 0 Å². The van der Waals surface area contributed by atoms with Crippen molar-refractivity contribution in [1.82, 2.24) is 15.2 Å². The van der Waals surface area contributed by atoms with Crippen LogP contribution in [0.1, 0.15) is 6.42 Å². The minimum absolute atomic E-state index is 0. The number of hydrogen-bond acceptors (Lipinski definition) is 4. The van der Waals surface area contributed by atoms with Crippen LogP contribution in [-0.2, 0) is 4.79 Å². The van der Waals surface area contributed by atoms with E-state index in [4.69, 9.17) is 23.2 Å². The van der Waals surface area contributed by atoms with Crippen LogP contribution in [0.2, 0.25) is 10.3 Å². The Morgan fingerprint density at radius 1 is 1.43 bits per heavy atom. The number of nitrogens with one attached hydrogen (secondary N) is 2. The molecule has 2 N–H and O–H groups in total. The molecule has 5 nitrogen and oxygen atoms in total. The van der Waals surface area contributed by atoms with Gasteiger partial charge >= 0.3 is 0 Å². The molecule has 0 spiro atoms. The van der Waals surface area contributed by atoms with Crippen LogP contribution in [-0.4, -0.2) is 46.0 Å². The molecule has 2 heterocycles. The largest absolute Gasteiger partial charge is 0.323 e. The van der Waals surface area contributed by atoms with Crippen LogP contribution in [0.3, 0.4) is 0 Å². The number of anilines is 1. The first kappa shape index (κ1) is 19.2. The summed E-state index contributed by atoms with van der Waals surface area (Å²) < 4.78 is 0.175. The lowest BCUT2D eigenvalue weighted by molar-refractivity contribution is -0.116. The van der Waals surface area contributed by atoms with Gasteiger partial charge in [-0.25, -0.2) is 4.98 Å². The minimum atomic E-state index is -0.0750. The first-order chi connectivity index (χ1) is 9.56. The van der Waals surface area contributed by atoms with Crippen molar-refractivity contribution in [2.24, 2.45) is 0 Å². The van der Waals surface area contributed by atoms with Crippen LogP contribution in [0.5, 0.6) is 0 Å². The van der Waals surface area contributed by atoms with E-state index in [1.807, 2.05) is 0 Å². The van der Waals surface area contributed by atoms with E-state index in [9.17, 15) is 4.79 Å². The number of carbonyl (C=O) groups excluding carboxylic acids is 1. The van der Waals surface area contributed by atoms with Gasteiger partial charge in [0.2, 0.25) is 5.91 Å². The molecule has 1 aromatic rings. The fourth-order valence-corrected chi connectivity index (χ4v) is 3.30. The highest BCUT2D eigenvalue weighted by atomic mass is 127. The second kappa shape index (κ2) is 9.32. The van der Waals surface area contributed by atoms with Gasteiger partial charge in [0.1, 0.15) is 5.15 Å². The van der Waals surface area contributed by atoms with Gasteiger partial charge in [-0.1, -0.05) is 45.8 Å². The number of nitrogens with zero attached hydrogens (tertiary/aromatic N) is 2. The van der Waals surface area contributed by atoms with Crippen LogP contribution < -0.4 is 10.6 Å². The molecule has 1 fully saturated rings. The fraction of sp³-hybridized carbons (Fsp3) is 0.500. The van der Waals surface area contributed by atoms with Gasteiger partial charge in [-0.05, 0) is 12.1 Å². The molecule has 0 aromatic carbocycles. The predicted octanol–water partition coefficient (Wildman–Crippen LogP) is 2.81. The molecule has 9 heteroatoms. The summed E-state index contributed by atoms with van der Waals surface area (Å²) in [6.07, 6.45) is 0.416. The highest BCUT2D eigenvalue weighted by molar-refractivity contribution is 14.1. The second-order valence-corrected chi connectivity index (χ2v) is 6.63. The maximum absolute atomic E-state index is 12.0. The van der Waals surface area contributed by atoms with Gasteiger partial charge in [-0.2, -0.15) is 0 Å². The lowest BCUT2D eigenvalue weighted by Crippen LogP contribution is -2.47. The zero-order valence-corrected chi connectivity index (χ0v) is 15.6.